The predicted molar refractivity (Wildman–Crippen MR) is 190 cm³/mol. The number of rotatable bonds is 3. The first kappa shape index (κ1) is 25.1. The van der Waals surface area contributed by atoms with E-state index in [9.17, 15) is 0 Å². The van der Waals surface area contributed by atoms with E-state index in [1.807, 2.05) is 24.3 Å². The molecule has 0 spiro atoms. The van der Waals surface area contributed by atoms with Crippen LogP contribution in [-0.2, 0) is 0 Å². The Hall–Kier alpha value is -6.26. The number of para-hydroxylation sites is 3. The molecule has 0 radical (unpaired) electrons. The summed E-state index contributed by atoms with van der Waals surface area (Å²) in [6.45, 7) is 0. The molecule has 0 aliphatic rings. The first-order chi connectivity index (χ1) is 22.8. The van der Waals surface area contributed by atoms with E-state index in [0.717, 1.165) is 60.7 Å². The zero-order valence-corrected chi connectivity index (χ0v) is 24.7. The molecule has 10 aromatic rings. The summed E-state index contributed by atoms with van der Waals surface area (Å²) in [5, 5.41) is 7.95. The summed E-state index contributed by atoms with van der Waals surface area (Å²) in [7, 11) is 0. The monoisotopic (exact) mass is 587 g/mol. The lowest BCUT2D eigenvalue weighted by molar-refractivity contribution is 0.670. The Morgan fingerprint density at radius 3 is 2.15 bits per heavy atom. The molecular weight excluding hydrogens is 562 g/mol. The lowest BCUT2D eigenvalue weighted by Crippen LogP contribution is -2.03. The van der Waals surface area contributed by atoms with Crippen molar-refractivity contribution in [3.8, 4) is 28.3 Å². The van der Waals surface area contributed by atoms with Crippen molar-refractivity contribution in [2.45, 2.75) is 0 Å². The standard InChI is InChI=1S/C42H25N3O/c1-2-11-26(12-3-1)28-21-23-33-37(25-28)45(36-24-22-27-13-4-5-14-29(27)39(33)36)42-43-35-19-8-6-16-32(35)40(44-42)34-18-10-17-31-30-15-7-9-20-38(30)46-41(31)34/h1-25H. The Labute approximate surface area is 263 Å². The molecule has 4 nitrogen and oxygen atoms in total. The number of fused-ring (bicyclic) bond motifs is 9. The van der Waals surface area contributed by atoms with Crippen molar-refractivity contribution in [2.24, 2.45) is 0 Å². The highest BCUT2D eigenvalue weighted by atomic mass is 16.3. The van der Waals surface area contributed by atoms with Gasteiger partial charge in [-0.1, -0.05) is 121 Å². The van der Waals surface area contributed by atoms with Gasteiger partial charge in [-0.25, -0.2) is 9.97 Å². The SMILES string of the molecule is c1ccc(-c2ccc3c4c5ccccc5ccc4n(-c4nc(-c5cccc6c5oc5ccccc56)c5ccccc5n4)c3c2)cc1. The van der Waals surface area contributed by atoms with E-state index in [2.05, 4.69) is 132 Å². The lowest BCUT2D eigenvalue weighted by atomic mass is 10.0. The minimum Gasteiger partial charge on any atom is -0.455 e. The van der Waals surface area contributed by atoms with Crippen molar-refractivity contribution in [1.29, 1.82) is 0 Å². The number of furan rings is 1. The van der Waals surface area contributed by atoms with Crippen molar-refractivity contribution in [1.82, 2.24) is 14.5 Å². The zero-order chi connectivity index (χ0) is 30.2. The number of aromatic nitrogens is 3. The average Bonchev–Trinajstić information content (AvgIpc) is 3.67. The molecule has 0 bridgehead atoms. The molecule has 3 heterocycles. The van der Waals surface area contributed by atoms with Crippen LogP contribution in [0.25, 0.3) is 93.8 Å². The molecule has 10 rings (SSSR count). The lowest BCUT2D eigenvalue weighted by Gasteiger charge is -2.12. The fourth-order valence-electron chi connectivity index (χ4n) is 7.12. The highest BCUT2D eigenvalue weighted by molar-refractivity contribution is 6.21. The van der Waals surface area contributed by atoms with Crippen molar-refractivity contribution in [3.63, 3.8) is 0 Å². The molecular formula is C42H25N3O. The molecule has 4 heteroatoms. The quantitative estimate of drug-likeness (QED) is 0.207. The van der Waals surface area contributed by atoms with Crippen LogP contribution in [-0.4, -0.2) is 14.5 Å². The highest BCUT2D eigenvalue weighted by Crippen LogP contribution is 2.41. The van der Waals surface area contributed by atoms with Gasteiger partial charge in [0, 0.05) is 32.5 Å². The third kappa shape index (κ3) is 3.61. The molecule has 7 aromatic carbocycles. The topological polar surface area (TPSA) is 43.9 Å². The molecule has 214 valence electrons. The van der Waals surface area contributed by atoms with Gasteiger partial charge in [-0.3, -0.25) is 4.57 Å². The van der Waals surface area contributed by atoms with Crippen LogP contribution in [0.2, 0.25) is 0 Å². The van der Waals surface area contributed by atoms with E-state index in [-0.39, 0.29) is 0 Å². The van der Waals surface area contributed by atoms with Crippen molar-refractivity contribution in [3.05, 3.63) is 152 Å². The average molecular weight is 588 g/mol. The van der Waals surface area contributed by atoms with Gasteiger partial charge in [0.25, 0.3) is 0 Å². The molecule has 0 aliphatic heterocycles. The molecule has 46 heavy (non-hydrogen) atoms. The van der Waals surface area contributed by atoms with Gasteiger partial charge in [0.2, 0.25) is 5.95 Å². The fourth-order valence-corrected chi connectivity index (χ4v) is 7.12. The van der Waals surface area contributed by atoms with Crippen LogP contribution in [0, 0.1) is 0 Å². The molecule has 0 saturated heterocycles. The summed E-state index contributed by atoms with van der Waals surface area (Å²) >= 11 is 0. The Bertz CT molecular complexity index is 2810. The van der Waals surface area contributed by atoms with Crippen LogP contribution in [0.1, 0.15) is 0 Å². The largest absolute Gasteiger partial charge is 0.455 e. The Kier molecular flexibility index (Phi) is 5.25. The molecule has 0 amide bonds. The Balaban J connectivity index is 1.33. The van der Waals surface area contributed by atoms with Crippen molar-refractivity contribution in [2.75, 3.05) is 0 Å². The third-order valence-electron chi connectivity index (χ3n) is 9.21. The van der Waals surface area contributed by atoms with E-state index in [4.69, 9.17) is 14.4 Å². The summed E-state index contributed by atoms with van der Waals surface area (Å²) in [5.74, 6) is 0.627. The van der Waals surface area contributed by atoms with E-state index in [0.29, 0.717) is 5.95 Å². The Morgan fingerprint density at radius 2 is 1.24 bits per heavy atom. The third-order valence-corrected chi connectivity index (χ3v) is 9.21. The second kappa shape index (κ2) is 9.62. The van der Waals surface area contributed by atoms with Crippen molar-refractivity contribution >= 4 is 65.4 Å². The van der Waals surface area contributed by atoms with Gasteiger partial charge in [-0.05, 0) is 52.2 Å². The fraction of sp³-hybridized carbons (Fsp3) is 0. The van der Waals surface area contributed by atoms with E-state index >= 15 is 0 Å². The highest BCUT2D eigenvalue weighted by Gasteiger charge is 2.21. The minimum atomic E-state index is 0.627. The maximum absolute atomic E-state index is 6.50. The van der Waals surface area contributed by atoms with Gasteiger partial charge in [0.1, 0.15) is 11.2 Å². The summed E-state index contributed by atoms with van der Waals surface area (Å²) < 4.78 is 8.74. The van der Waals surface area contributed by atoms with Crippen LogP contribution in [0.4, 0.5) is 0 Å². The van der Waals surface area contributed by atoms with Crippen LogP contribution in [0.5, 0.6) is 0 Å². The minimum absolute atomic E-state index is 0.627. The predicted octanol–water partition coefficient (Wildman–Crippen LogP) is 11.1. The van der Waals surface area contributed by atoms with Gasteiger partial charge in [0.05, 0.1) is 22.2 Å². The number of nitrogens with zero attached hydrogens (tertiary/aromatic N) is 3. The number of hydrogen-bond donors (Lipinski definition) is 0. The van der Waals surface area contributed by atoms with Gasteiger partial charge in [0.15, 0.2) is 0 Å². The summed E-state index contributed by atoms with van der Waals surface area (Å²) in [6.07, 6.45) is 0. The first-order valence-corrected chi connectivity index (χ1v) is 15.5. The summed E-state index contributed by atoms with van der Waals surface area (Å²) in [4.78, 5) is 10.6. The van der Waals surface area contributed by atoms with Crippen LogP contribution < -0.4 is 0 Å². The molecule has 0 saturated carbocycles. The van der Waals surface area contributed by atoms with Crippen LogP contribution >= 0.6 is 0 Å². The van der Waals surface area contributed by atoms with Crippen LogP contribution in [0.15, 0.2) is 156 Å². The second-order valence-electron chi connectivity index (χ2n) is 11.8. The number of hydrogen-bond acceptors (Lipinski definition) is 3. The van der Waals surface area contributed by atoms with Crippen LogP contribution in [0.3, 0.4) is 0 Å². The Morgan fingerprint density at radius 1 is 0.478 bits per heavy atom. The summed E-state index contributed by atoms with van der Waals surface area (Å²) in [5.41, 5.74) is 8.83. The molecule has 0 unspecified atom stereocenters. The van der Waals surface area contributed by atoms with Gasteiger partial charge >= 0.3 is 0 Å². The van der Waals surface area contributed by atoms with Crippen molar-refractivity contribution < 1.29 is 4.42 Å². The first-order valence-electron chi connectivity index (χ1n) is 15.5. The normalized spacial score (nSPS) is 11.9. The molecule has 0 aliphatic carbocycles. The second-order valence-corrected chi connectivity index (χ2v) is 11.8. The molecule has 3 aromatic heterocycles. The molecule has 0 N–H and O–H groups in total. The number of benzene rings is 7. The maximum Gasteiger partial charge on any atom is 0.235 e. The molecule has 0 atom stereocenters. The van der Waals surface area contributed by atoms with Gasteiger partial charge in [-0.15, -0.1) is 0 Å². The smallest absolute Gasteiger partial charge is 0.235 e. The zero-order valence-electron chi connectivity index (χ0n) is 24.7. The van der Waals surface area contributed by atoms with E-state index in [1.165, 1.54) is 27.1 Å². The maximum atomic E-state index is 6.50. The van der Waals surface area contributed by atoms with Gasteiger partial charge in [-0.2, -0.15) is 0 Å². The summed E-state index contributed by atoms with van der Waals surface area (Å²) in [6, 6.07) is 53.1. The van der Waals surface area contributed by atoms with E-state index < -0.39 is 0 Å². The molecule has 0 fully saturated rings. The van der Waals surface area contributed by atoms with Gasteiger partial charge < -0.3 is 4.42 Å². The van der Waals surface area contributed by atoms with E-state index in [1.54, 1.807) is 0 Å².